The van der Waals surface area contributed by atoms with Crippen molar-refractivity contribution in [1.82, 2.24) is 5.32 Å². The van der Waals surface area contributed by atoms with Gasteiger partial charge >= 0.3 is 5.97 Å². The number of carbonyl (C=O) groups excluding carboxylic acids is 2. The Hall–Kier alpha value is -1.92. The molecule has 2 atom stereocenters. The maximum Gasteiger partial charge on any atom is 0.305 e. The second kappa shape index (κ2) is 75.5. The van der Waals surface area contributed by atoms with Gasteiger partial charge in [-0.05, 0) is 77.0 Å². The smallest absolute Gasteiger partial charge is 0.305 e. The van der Waals surface area contributed by atoms with Gasteiger partial charge in [-0.2, -0.15) is 0 Å². The van der Waals surface area contributed by atoms with E-state index in [9.17, 15) is 19.8 Å². The summed E-state index contributed by atoms with van der Waals surface area (Å²) in [6.45, 7) is 4.95. The molecule has 0 aliphatic rings. The summed E-state index contributed by atoms with van der Waals surface area (Å²) >= 11 is 0. The Balaban J connectivity index is 3.37. The van der Waals surface area contributed by atoms with Crippen molar-refractivity contribution in [3.63, 3.8) is 0 Å². The van der Waals surface area contributed by atoms with Crippen LogP contribution in [0.1, 0.15) is 438 Å². The first-order chi connectivity index (χ1) is 42.5. The summed E-state index contributed by atoms with van der Waals surface area (Å²) in [5.74, 6) is -0.0239. The number of unbranched alkanes of at least 4 members (excludes halogenated alkanes) is 57. The van der Waals surface area contributed by atoms with E-state index in [1.54, 1.807) is 0 Å². The second-order valence-corrected chi connectivity index (χ2v) is 27.0. The second-order valence-electron chi connectivity index (χ2n) is 27.0. The molecular formula is C80H153NO5. The van der Waals surface area contributed by atoms with E-state index in [2.05, 4.69) is 55.6 Å². The largest absolute Gasteiger partial charge is 0.466 e. The fourth-order valence-corrected chi connectivity index (χ4v) is 12.4. The molecule has 0 radical (unpaired) electrons. The number of amides is 1. The zero-order valence-corrected chi connectivity index (χ0v) is 58.3. The molecule has 3 N–H and O–H groups in total. The van der Waals surface area contributed by atoms with Gasteiger partial charge in [0.25, 0.3) is 0 Å². The summed E-state index contributed by atoms with van der Waals surface area (Å²) in [6.07, 6.45) is 98.0. The maximum atomic E-state index is 12.6. The van der Waals surface area contributed by atoms with Crippen LogP contribution in [0.5, 0.6) is 0 Å². The number of allylic oxidation sites excluding steroid dienone is 6. The van der Waals surface area contributed by atoms with Gasteiger partial charge in [-0.25, -0.2) is 0 Å². The highest BCUT2D eigenvalue weighted by molar-refractivity contribution is 5.76. The van der Waals surface area contributed by atoms with Crippen LogP contribution < -0.4 is 5.32 Å². The zero-order valence-electron chi connectivity index (χ0n) is 58.3. The highest BCUT2D eigenvalue weighted by Gasteiger charge is 2.20. The first-order valence-electron chi connectivity index (χ1n) is 39.2. The predicted octanol–water partition coefficient (Wildman–Crippen LogP) is 25.8. The minimum absolute atomic E-state index is 0.00368. The Bertz CT molecular complexity index is 1390. The topological polar surface area (TPSA) is 95.9 Å². The third-order valence-corrected chi connectivity index (χ3v) is 18.4. The number of ether oxygens (including phenoxy) is 1. The molecule has 0 spiro atoms. The summed E-state index contributed by atoms with van der Waals surface area (Å²) in [5.41, 5.74) is 0. The number of carbonyl (C=O) groups is 2. The molecule has 6 heteroatoms. The van der Waals surface area contributed by atoms with Crippen molar-refractivity contribution in [1.29, 1.82) is 0 Å². The lowest BCUT2D eigenvalue weighted by molar-refractivity contribution is -0.143. The molecule has 0 saturated carbocycles. The molecule has 0 fully saturated rings. The Morgan fingerprint density at radius 3 is 0.930 bits per heavy atom. The summed E-state index contributed by atoms with van der Waals surface area (Å²) in [6, 6.07) is -0.542. The van der Waals surface area contributed by atoms with Gasteiger partial charge in [0, 0.05) is 12.8 Å². The van der Waals surface area contributed by atoms with E-state index in [0.29, 0.717) is 25.9 Å². The van der Waals surface area contributed by atoms with Gasteiger partial charge in [0.05, 0.1) is 25.4 Å². The molecule has 0 rings (SSSR count). The first kappa shape index (κ1) is 84.1. The molecule has 86 heavy (non-hydrogen) atoms. The van der Waals surface area contributed by atoms with Crippen LogP contribution in [-0.2, 0) is 14.3 Å². The number of aliphatic hydroxyl groups is 2. The third-order valence-electron chi connectivity index (χ3n) is 18.4. The lowest BCUT2D eigenvalue weighted by Gasteiger charge is -2.22. The van der Waals surface area contributed by atoms with E-state index in [1.165, 1.54) is 353 Å². The lowest BCUT2D eigenvalue weighted by atomic mass is 10.0. The van der Waals surface area contributed by atoms with Crippen LogP contribution in [0.3, 0.4) is 0 Å². The first-order valence-corrected chi connectivity index (χ1v) is 39.2. The van der Waals surface area contributed by atoms with Crippen LogP contribution in [0.25, 0.3) is 0 Å². The number of esters is 1. The van der Waals surface area contributed by atoms with Crippen molar-refractivity contribution in [2.45, 2.75) is 450 Å². The average Bonchev–Trinajstić information content (AvgIpc) is 3.54. The van der Waals surface area contributed by atoms with Crippen LogP contribution >= 0.6 is 0 Å². The van der Waals surface area contributed by atoms with Crippen molar-refractivity contribution in [2.24, 2.45) is 0 Å². The number of rotatable bonds is 74. The molecule has 1 amide bonds. The fourth-order valence-electron chi connectivity index (χ4n) is 12.4. The van der Waals surface area contributed by atoms with Gasteiger partial charge in [-0.3, -0.25) is 9.59 Å². The van der Waals surface area contributed by atoms with E-state index < -0.39 is 12.1 Å². The van der Waals surface area contributed by atoms with Crippen LogP contribution in [0.15, 0.2) is 36.5 Å². The minimum atomic E-state index is -0.665. The molecular weight excluding hydrogens is 1050 g/mol. The van der Waals surface area contributed by atoms with E-state index in [0.717, 1.165) is 51.4 Å². The third kappa shape index (κ3) is 71.2. The molecule has 0 saturated heterocycles. The molecule has 0 aliphatic heterocycles. The van der Waals surface area contributed by atoms with E-state index in [4.69, 9.17) is 4.74 Å². The summed E-state index contributed by atoms with van der Waals surface area (Å²) in [5, 5.41) is 23.5. The summed E-state index contributed by atoms with van der Waals surface area (Å²) in [4.78, 5) is 24.6. The zero-order chi connectivity index (χ0) is 62.0. The standard InChI is InChI=1S/C80H153NO5/c1-3-5-7-9-11-13-15-17-19-20-21-22-23-33-36-39-42-45-48-52-56-60-64-68-72-78(83)77(76-82)81-79(84)73-69-65-61-57-53-49-46-43-40-37-34-31-29-27-25-24-26-28-30-32-35-38-41-44-47-51-55-59-63-67-71-75-86-80(85)74-70-66-62-58-54-50-18-16-14-12-10-8-6-4-2/h10,12,16,18,26,28,77-78,82-83H,3-9,11,13-15,17,19-25,27,29-76H2,1-2H3,(H,81,84)/b12-10-,18-16-,28-26-. The van der Waals surface area contributed by atoms with Crippen LogP contribution in [0.2, 0.25) is 0 Å². The Kier molecular flexibility index (Phi) is 73.9. The van der Waals surface area contributed by atoms with Crippen LogP contribution in [-0.4, -0.2) is 47.4 Å². The summed E-state index contributed by atoms with van der Waals surface area (Å²) < 4.78 is 5.48. The predicted molar refractivity (Wildman–Crippen MR) is 379 cm³/mol. The molecule has 0 aromatic carbocycles. The molecule has 6 nitrogen and oxygen atoms in total. The van der Waals surface area contributed by atoms with Gasteiger partial charge in [0.15, 0.2) is 0 Å². The number of hydrogen-bond donors (Lipinski definition) is 3. The molecule has 0 bridgehead atoms. The molecule has 508 valence electrons. The number of nitrogens with one attached hydrogen (secondary N) is 1. The molecule has 0 aliphatic carbocycles. The molecule has 2 unspecified atom stereocenters. The molecule has 0 aromatic heterocycles. The Morgan fingerprint density at radius 2 is 0.593 bits per heavy atom. The van der Waals surface area contributed by atoms with Crippen molar-refractivity contribution in [2.75, 3.05) is 13.2 Å². The lowest BCUT2D eigenvalue weighted by Crippen LogP contribution is -2.45. The Labute approximate surface area is 538 Å². The average molecular weight is 1210 g/mol. The molecule has 0 heterocycles. The van der Waals surface area contributed by atoms with Crippen molar-refractivity contribution >= 4 is 11.9 Å². The van der Waals surface area contributed by atoms with Crippen molar-refractivity contribution < 1.29 is 24.5 Å². The fraction of sp³-hybridized carbons (Fsp3) is 0.900. The quantitative estimate of drug-likeness (QED) is 0.0320. The maximum absolute atomic E-state index is 12.6. The Morgan fingerprint density at radius 1 is 0.326 bits per heavy atom. The minimum Gasteiger partial charge on any atom is -0.466 e. The number of hydrogen-bond acceptors (Lipinski definition) is 5. The van der Waals surface area contributed by atoms with Gasteiger partial charge in [0.1, 0.15) is 0 Å². The van der Waals surface area contributed by atoms with Gasteiger partial charge in [0.2, 0.25) is 5.91 Å². The van der Waals surface area contributed by atoms with Gasteiger partial charge in [-0.1, -0.05) is 384 Å². The monoisotopic (exact) mass is 1210 g/mol. The van der Waals surface area contributed by atoms with Crippen LogP contribution in [0.4, 0.5) is 0 Å². The molecule has 0 aromatic rings. The van der Waals surface area contributed by atoms with E-state index >= 15 is 0 Å². The van der Waals surface area contributed by atoms with Gasteiger partial charge in [-0.15, -0.1) is 0 Å². The SMILES string of the molecule is CCCC/C=C\C/C=C\CCCCCCCC(=O)OCCCCCCCCCCCCCC/C=C\CCCCCCCCCCCCCCCCCC(=O)NC(CO)C(O)CCCCCCCCCCCCCCCCCCCCCCCCCC. The van der Waals surface area contributed by atoms with Crippen LogP contribution in [0, 0.1) is 0 Å². The summed E-state index contributed by atoms with van der Waals surface area (Å²) in [7, 11) is 0. The van der Waals surface area contributed by atoms with E-state index in [1.807, 2.05) is 0 Å². The normalized spacial score (nSPS) is 12.7. The van der Waals surface area contributed by atoms with E-state index in [-0.39, 0.29) is 18.5 Å². The highest BCUT2D eigenvalue weighted by atomic mass is 16.5. The van der Waals surface area contributed by atoms with Crippen molar-refractivity contribution in [3.05, 3.63) is 36.5 Å². The van der Waals surface area contributed by atoms with Gasteiger partial charge < -0.3 is 20.3 Å². The highest BCUT2D eigenvalue weighted by Crippen LogP contribution is 2.20. The number of aliphatic hydroxyl groups excluding tert-OH is 2. The van der Waals surface area contributed by atoms with Crippen molar-refractivity contribution in [3.8, 4) is 0 Å².